The minimum Gasteiger partial charge on any atom is -0.486 e. The van der Waals surface area contributed by atoms with E-state index in [9.17, 15) is 4.79 Å². The number of hydrogen-bond acceptors (Lipinski definition) is 4. The van der Waals surface area contributed by atoms with Crippen LogP contribution in [0.3, 0.4) is 0 Å². The molecule has 0 saturated carbocycles. The molecule has 0 atom stereocenters. The molecule has 0 aliphatic carbocycles. The molecule has 0 aliphatic rings. The molecule has 21 heavy (non-hydrogen) atoms. The molecule has 2 aromatic carbocycles. The molecule has 3 aromatic rings. The second-order valence-electron chi connectivity index (χ2n) is 4.48. The molecule has 0 spiro atoms. The maximum absolute atomic E-state index is 12.2. The van der Waals surface area contributed by atoms with Crippen molar-refractivity contribution in [3.63, 3.8) is 0 Å². The van der Waals surface area contributed by atoms with Crippen LogP contribution < -0.4 is 4.74 Å². The number of hydrogen-bond donors (Lipinski definition) is 0. The van der Waals surface area contributed by atoms with E-state index < -0.39 is 0 Å². The van der Waals surface area contributed by atoms with Crippen molar-refractivity contribution >= 4 is 5.78 Å². The van der Waals surface area contributed by atoms with Gasteiger partial charge in [0.2, 0.25) is 5.78 Å². The van der Waals surface area contributed by atoms with Gasteiger partial charge >= 0.3 is 0 Å². The molecule has 0 fully saturated rings. The van der Waals surface area contributed by atoms with Gasteiger partial charge in [0.25, 0.3) is 0 Å². The van der Waals surface area contributed by atoms with Gasteiger partial charge in [0.05, 0.1) is 0 Å². The summed E-state index contributed by atoms with van der Waals surface area (Å²) in [6.07, 6.45) is 0. The highest BCUT2D eigenvalue weighted by molar-refractivity contribution is 6.07. The summed E-state index contributed by atoms with van der Waals surface area (Å²) in [5.41, 5.74) is 0.870. The number of para-hydroxylation sites is 1. The van der Waals surface area contributed by atoms with Crippen molar-refractivity contribution in [3.8, 4) is 5.75 Å². The molecular formula is C17H13NO3. The lowest BCUT2D eigenvalue weighted by Crippen LogP contribution is -2.00. The second kappa shape index (κ2) is 6.05. The van der Waals surface area contributed by atoms with E-state index in [1.54, 1.807) is 18.2 Å². The topological polar surface area (TPSA) is 52.3 Å². The van der Waals surface area contributed by atoms with Crippen molar-refractivity contribution in [1.82, 2.24) is 5.16 Å². The van der Waals surface area contributed by atoms with Crippen molar-refractivity contribution in [2.75, 3.05) is 0 Å². The zero-order valence-corrected chi connectivity index (χ0v) is 11.2. The van der Waals surface area contributed by atoms with Crippen LogP contribution in [-0.2, 0) is 6.61 Å². The van der Waals surface area contributed by atoms with Gasteiger partial charge in [0, 0.05) is 11.6 Å². The van der Waals surface area contributed by atoms with E-state index in [2.05, 4.69) is 5.16 Å². The van der Waals surface area contributed by atoms with Gasteiger partial charge in [-0.05, 0) is 12.1 Å². The lowest BCUT2D eigenvalue weighted by atomic mass is 10.1. The highest BCUT2D eigenvalue weighted by Gasteiger charge is 2.14. The summed E-state index contributed by atoms with van der Waals surface area (Å²) >= 11 is 0. The Morgan fingerprint density at radius 1 is 1.00 bits per heavy atom. The highest BCUT2D eigenvalue weighted by Crippen LogP contribution is 2.14. The summed E-state index contributed by atoms with van der Waals surface area (Å²) in [7, 11) is 0. The molecule has 0 radical (unpaired) electrons. The Bertz CT molecular complexity index is 720. The fraction of sp³-hybridized carbons (Fsp3) is 0.0588. The largest absolute Gasteiger partial charge is 0.486 e. The maximum Gasteiger partial charge on any atom is 0.214 e. The normalized spacial score (nSPS) is 10.3. The molecule has 0 aliphatic heterocycles. The summed E-state index contributed by atoms with van der Waals surface area (Å²) in [6, 6.07) is 20.0. The molecule has 0 unspecified atom stereocenters. The number of carbonyl (C=O) groups excluding carboxylic acids is 1. The molecule has 0 saturated heterocycles. The Morgan fingerprint density at radius 2 is 1.67 bits per heavy atom. The molecule has 0 N–H and O–H groups in total. The monoisotopic (exact) mass is 279 g/mol. The van der Waals surface area contributed by atoms with Crippen LogP contribution >= 0.6 is 0 Å². The first-order valence-corrected chi connectivity index (χ1v) is 6.56. The molecule has 0 amide bonds. The number of ketones is 1. The lowest BCUT2D eigenvalue weighted by molar-refractivity contribution is 0.103. The van der Waals surface area contributed by atoms with Crippen LogP contribution in [0.25, 0.3) is 0 Å². The van der Waals surface area contributed by atoms with Crippen LogP contribution in [0, 0.1) is 0 Å². The zero-order chi connectivity index (χ0) is 14.5. The van der Waals surface area contributed by atoms with E-state index >= 15 is 0 Å². The minimum absolute atomic E-state index is 0.162. The number of carbonyl (C=O) groups is 1. The Morgan fingerprint density at radius 3 is 2.38 bits per heavy atom. The number of rotatable bonds is 5. The number of benzene rings is 2. The van der Waals surface area contributed by atoms with Crippen molar-refractivity contribution in [3.05, 3.63) is 83.7 Å². The Labute approximate surface area is 122 Å². The van der Waals surface area contributed by atoms with Crippen LogP contribution in [0.4, 0.5) is 0 Å². The quantitative estimate of drug-likeness (QED) is 0.671. The summed E-state index contributed by atoms with van der Waals surface area (Å²) in [6.45, 7) is 0.235. The van der Waals surface area contributed by atoms with Gasteiger partial charge in [-0.2, -0.15) is 0 Å². The first-order valence-electron chi connectivity index (χ1n) is 6.56. The van der Waals surface area contributed by atoms with Crippen molar-refractivity contribution in [2.45, 2.75) is 6.61 Å². The highest BCUT2D eigenvalue weighted by atomic mass is 16.5. The number of aromatic nitrogens is 1. The maximum atomic E-state index is 12.2. The van der Waals surface area contributed by atoms with Crippen molar-refractivity contribution in [2.24, 2.45) is 0 Å². The standard InChI is InChI=1S/C17H13NO3/c19-17(13-7-3-1-4-8-13)16-11-15(21-18-16)12-20-14-9-5-2-6-10-14/h1-11H,12H2. The second-order valence-corrected chi connectivity index (χ2v) is 4.48. The van der Waals surface area contributed by atoms with Crippen LogP contribution in [-0.4, -0.2) is 10.9 Å². The molecule has 4 nitrogen and oxygen atoms in total. The summed E-state index contributed by atoms with van der Waals surface area (Å²) in [4.78, 5) is 12.2. The molecule has 1 aromatic heterocycles. The zero-order valence-electron chi connectivity index (χ0n) is 11.2. The van der Waals surface area contributed by atoms with Gasteiger partial charge in [-0.25, -0.2) is 0 Å². The summed E-state index contributed by atoms with van der Waals surface area (Å²) in [5, 5.41) is 3.80. The Kier molecular flexibility index (Phi) is 3.78. The van der Waals surface area contributed by atoms with E-state index in [1.165, 1.54) is 0 Å². The minimum atomic E-state index is -0.162. The van der Waals surface area contributed by atoms with Gasteiger partial charge in [0.15, 0.2) is 11.5 Å². The molecule has 1 heterocycles. The smallest absolute Gasteiger partial charge is 0.214 e. The fourth-order valence-corrected chi connectivity index (χ4v) is 1.90. The number of ether oxygens (including phenoxy) is 1. The van der Waals surface area contributed by atoms with Gasteiger partial charge < -0.3 is 9.26 Å². The van der Waals surface area contributed by atoms with Crippen LogP contribution in [0.15, 0.2) is 71.3 Å². The predicted octanol–water partition coefficient (Wildman–Crippen LogP) is 3.48. The average molecular weight is 279 g/mol. The van der Waals surface area contributed by atoms with E-state index in [0.29, 0.717) is 11.3 Å². The van der Waals surface area contributed by atoms with Gasteiger partial charge in [-0.3, -0.25) is 4.79 Å². The van der Waals surface area contributed by atoms with Crippen LogP contribution in [0.5, 0.6) is 5.75 Å². The molecule has 4 heteroatoms. The van der Waals surface area contributed by atoms with Crippen LogP contribution in [0.1, 0.15) is 21.8 Å². The lowest BCUT2D eigenvalue weighted by Gasteiger charge is -2.01. The molecule has 104 valence electrons. The number of nitrogens with zero attached hydrogens (tertiary/aromatic N) is 1. The molecular weight excluding hydrogens is 266 g/mol. The first kappa shape index (κ1) is 13.1. The van der Waals surface area contributed by atoms with E-state index in [-0.39, 0.29) is 18.1 Å². The fourth-order valence-electron chi connectivity index (χ4n) is 1.90. The van der Waals surface area contributed by atoms with E-state index in [0.717, 1.165) is 5.75 Å². The third-order valence-corrected chi connectivity index (χ3v) is 2.95. The van der Waals surface area contributed by atoms with Gasteiger partial charge in [-0.1, -0.05) is 53.7 Å². The summed E-state index contributed by atoms with van der Waals surface area (Å²) < 4.78 is 10.7. The third-order valence-electron chi connectivity index (χ3n) is 2.95. The molecule has 3 rings (SSSR count). The van der Waals surface area contributed by atoms with E-state index in [1.807, 2.05) is 48.5 Å². The Balaban J connectivity index is 1.68. The average Bonchev–Trinajstić information content (AvgIpc) is 3.03. The molecule has 0 bridgehead atoms. The Hall–Kier alpha value is -2.88. The third kappa shape index (κ3) is 3.17. The van der Waals surface area contributed by atoms with Crippen LogP contribution in [0.2, 0.25) is 0 Å². The summed E-state index contributed by atoms with van der Waals surface area (Å²) in [5.74, 6) is 1.09. The van der Waals surface area contributed by atoms with Gasteiger partial charge in [-0.15, -0.1) is 0 Å². The predicted molar refractivity (Wildman–Crippen MR) is 77.2 cm³/mol. The first-order chi connectivity index (χ1) is 10.3. The van der Waals surface area contributed by atoms with E-state index in [4.69, 9.17) is 9.26 Å². The van der Waals surface area contributed by atoms with Gasteiger partial charge in [0.1, 0.15) is 12.4 Å². The SMILES string of the molecule is O=C(c1ccccc1)c1cc(COc2ccccc2)on1. The van der Waals surface area contributed by atoms with Crippen molar-refractivity contribution in [1.29, 1.82) is 0 Å². The van der Waals surface area contributed by atoms with Crippen molar-refractivity contribution < 1.29 is 14.1 Å².